The van der Waals surface area contributed by atoms with Gasteiger partial charge in [-0.2, -0.15) is 0 Å². The molecule has 1 N–H and O–H groups in total. The maximum absolute atomic E-state index is 12.6. The van der Waals surface area contributed by atoms with Crippen LogP contribution in [0.25, 0.3) is 21.8 Å². The topological polar surface area (TPSA) is 86.1 Å². The zero-order chi connectivity index (χ0) is 21.6. The van der Waals surface area contributed by atoms with Gasteiger partial charge in [0.1, 0.15) is 11.3 Å². The third-order valence-electron chi connectivity index (χ3n) is 5.13. The number of para-hydroxylation sites is 2. The normalized spacial score (nSPS) is 11.0. The molecule has 2 aromatic heterocycles. The molecule has 0 spiro atoms. The van der Waals surface area contributed by atoms with Gasteiger partial charge in [-0.15, -0.1) is 0 Å². The average Bonchev–Trinajstić information content (AvgIpc) is 2.79. The quantitative estimate of drug-likeness (QED) is 0.446. The van der Waals surface area contributed by atoms with Crippen molar-refractivity contribution in [2.75, 3.05) is 13.2 Å². The number of ether oxygens (including phenoxy) is 1. The Morgan fingerprint density at radius 2 is 1.90 bits per heavy atom. The third-order valence-corrected chi connectivity index (χ3v) is 5.13. The first kappa shape index (κ1) is 20.5. The van der Waals surface area contributed by atoms with Crippen LogP contribution in [0.1, 0.15) is 18.4 Å². The SMILES string of the molecule is Cc1cccc2c(=O)n(CCC(=O)NCCCOc3cccc4cccnc34)cnc12. The fraction of sp³-hybridized carbons (Fsp3) is 0.250. The zero-order valence-corrected chi connectivity index (χ0v) is 17.4. The van der Waals surface area contributed by atoms with E-state index in [2.05, 4.69) is 15.3 Å². The Kier molecular flexibility index (Phi) is 6.21. The van der Waals surface area contributed by atoms with E-state index in [4.69, 9.17) is 4.74 Å². The highest BCUT2D eigenvalue weighted by Crippen LogP contribution is 2.22. The largest absolute Gasteiger partial charge is 0.491 e. The predicted molar refractivity (Wildman–Crippen MR) is 120 cm³/mol. The number of amides is 1. The van der Waals surface area contributed by atoms with Crippen molar-refractivity contribution in [2.24, 2.45) is 0 Å². The van der Waals surface area contributed by atoms with E-state index in [1.807, 2.05) is 49.4 Å². The second-order valence-corrected chi connectivity index (χ2v) is 7.35. The van der Waals surface area contributed by atoms with E-state index in [9.17, 15) is 9.59 Å². The lowest BCUT2D eigenvalue weighted by Crippen LogP contribution is -2.29. The van der Waals surface area contributed by atoms with Crippen LogP contribution >= 0.6 is 0 Å². The Balaban J connectivity index is 1.23. The summed E-state index contributed by atoms with van der Waals surface area (Å²) in [6, 6.07) is 15.2. The summed E-state index contributed by atoms with van der Waals surface area (Å²) in [6.07, 6.45) is 4.14. The minimum absolute atomic E-state index is 0.108. The summed E-state index contributed by atoms with van der Waals surface area (Å²) in [7, 11) is 0. The van der Waals surface area contributed by atoms with Gasteiger partial charge in [-0.05, 0) is 37.1 Å². The van der Waals surface area contributed by atoms with E-state index in [0.717, 1.165) is 22.2 Å². The van der Waals surface area contributed by atoms with Crippen molar-refractivity contribution in [3.05, 3.63) is 77.0 Å². The van der Waals surface area contributed by atoms with Gasteiger partial charge in [-0.3, -0.25) is 19.1 Å². The molecule has 4 aromatic rings. The summed E-state index contributed by atoms with van der Waals surface area (Å²) < 4.78 is 7.31. The van der Waals surface area contributed by atoms with Crippen molar-refractivity contribution in [1.29, 1.82) is 0 Å². The van der Waals surface area contributed by atoms with E-state index >= 15 is 0 Å². The number of aromatic nitrogens is 3. The van der Waals surface area contributed by atoms with Gasteiger partial charge in [0.2, 0.25) is 5.91 Å². The molecule has 0 bridgehead atoms. The van der Waals surface area contributed by atoms with Gasteiger partial charge in [0.05, 0.1) is 23.8 Å². The summed E-state index contributed by atoms with van der Waals surface area (Å²) in [5, 5.41) is 4.47. The maximum atomic E-state index is 12.6. The molecule has 0 saturated heterocycles. The molecule has 2 aromatic carbocycles. The van der Waals surface area contributed by atoms with Crippen molar-refractivity contribution in [2.45, 2.75) is 26.3 Å². The fourth-order valence-corrected chi connectivity index (χ4v) is 3.48. The standard InChI is InChI=1S/C24H24N4O3/c1-17-6-2-9-19-22(17)27-16-28(24(19)30)14-11-21(29)25-13-5-15-31-20-10-3-7-18-8-4-12-26-23(18)20/h2-4,6-10,12,16H,5,11,13-15H2,1H3,(H,25,29). The molecule has 0 fully saturated rings. The van der Waals surface area contributed by atoms with Crippen molar-refractivity contribution < 1.29 is 9.53 Å². The van der Waals surface area contributed by atoms with Crippen LogP contribution in [0.4, 0.5) is 0 Å². The zero-order valence-electron chi connectivity index (χ0n) is 17.4. The average molecular weight is 416 g/mol. The first-order valence-corrected chi connectivity index (χ1v) is 10.3. The second kappa shape index (κ2) is 9.38. The second-order valence-electron chi connectivity index (χ2n) is 7.35. The molecular formula is C24H24N4O3. The number of fused-ring (bicyclic) bond motifs is 2. The number of benzene rings is 2. The minimum Gasteiger partial charge on any atom is -0.491 e. The molecule has 158 valence electrons. The summed E-state index contributed by atoms with van der Waals surface area (Å²) in [5.41, 5.74) is 2.37. The van der Waals surface area contributed by atoms with Crippen LogP contribution in [0.3, 0.4) is 0 Å². The van der Waals surface area contributed by atoms with Crippen LogP contribution in [-0.4, -0.2) is 33.6 Å². The molecule has 0 atom stereocenters. The number of carbonyl (C=O) groups excluding carboxylic acids is 1. The van der Waals surface area contributed by atoms with Crippen LogP contribution < -0.4 is 15.6 Å². The van der Waals surface area contributed by atoms with E-state index < -0.39 is 0 Å². The lowest BCUT2D eigenvalue weighted by Gasteiger charge is -2.10. The number of pyridine rings is 1. The highest BCUT2D eigenvalue weighted by atomic mass is 16.5. The number of hydrogen-bond acceptors (Lipinski definition) is 5. The van der Waals surface area contributed by atoms with Crippen LogP contribution in [0.5, 0.6) is 5.75 Å². The summed E-state index contributed by atoms with van der Waals surface area (Å²) in [4.78, 5) is 33.5. The molecule has 31 heavy (non-hydrogen) atoms. The first-order chi connectivity index (χ1) is 15.1. The number of nitrogens with zero attached hydrogens (tertiary/aromatic N) is 3. The lowest BCUT2D eigenvalue weighted by atomic mass is 10.1. The van der Waals surface area contributed by atoms with E-state index in [-0.39, 0.29) is 17.9 Å². The van der Waals surface area contributed by atoms with Crippen LogP contribution in [0.2, 0.25) is 0 Å². The molecule has 7 nitrogen and oxygen atoms in total. The number of carbonyl (C=O) groups is 1. The molecule has 1 amide bonds. The van der Waals surface area contributed by atoms with E-state index in [0.29, 0.717) is 37.0 Å². The molecule has 0 unspecified atom stereocenters. The number of aryl methyl sites for hydroxylation is 2. The highest BCUT2D eigenvalue weighted by Gasteiger charge is 2.08. The van der Waals surface area contributed by atoms with Crippen molar-refractivity contribution in [3.8, 4) is 5.75 Å². The first-order valence-electron chi connectivity index (χ1n) is 10.3. The fourth-order valence-electron chi connectivity index (χ4n) is 3.48. The summed E-state index contributed by atoms with van der Waals surface area (Å²) in [5.74, 6) is 0.630. The molecular weight excluding hydrogens is 392 g/mol. The molecule has 4 rings (SSSR count). The molecule has 0 saturated carbocycles. The lowest BCUT2D eigenvalue weighted by molar-refractivity contribution is -0.121. The summed E-state index contributed by atoms with van der Waals surface area (Å²) in [6.45, 7) is 3.19. The maximum Gasteiger partial charge on any atom is 0.261 e. The Labute approximate surface area is 179 Å². The molecule has 0 aliphatic rings. The van der Waals surface area contributed by atoms with E-state index in [1.165, 1.54) is 10.9 Å². The Morgan fingerprint density at radius 3 is 2.81 bits per heavy atom. The van der Waals surface area contributed by atoms with Crippen LogP contribution in [-0.2, 0) is 11.3 Å². The van der Waals surface area contributed by atoms with Gasteiger partial charge < -0.3 is 10.1 Å². The highest BCUT2D eigenvalue weighted by molar-refractivity contribution is 5.84. The number of hydrogen-bond donors (Lipinski definition) is 1. The molecule has 0 aliphatic carbocycles. The van der Waals surface area contributed by atoms with Crippen LogP contribution in [0.15, 0.2) is 65.8 Å². The molecule has 0 radical (unpaired) electrons. The van der Waals surface area contributed by atoms with Gasteiger partial charge in [0, 0.05) is 31.1 Å². The van der Waals surface area contributed by atoms with E-state index in [1.54, 1.807) is 12.3 Å². The number of nitrogens with one attached hydrogen (secondary N) is 1. The van der Waals surface area contributed by atoms with Gasteiger partial charge in [0.25, 0.3) is 5.56 Å². The van der Waals surface area contributed by atoms with Gasteiger partial charge in [-0.1, -0.05) is 30.3 Å². The Bertz CT molecular complexity index is 1280. The van der Waals surface area contributed by atoms with Gasteiger partial charge >= 0.3 is 0 Å². The number of rotatable bonds is 8. The molecule has 7 heteroatoms. The Morgan fingerprint density at radius 1 is 1.06 bits per heavy atom. The minimum atomic E-state index is -0.126. The summed E-state index contributed by atoms with van der Waals surface area (Å²) >= 11 is 0. The predicted octanol–water partition coefficient (Wildman–Crippen LogP) is 3.23. The smallest absolute Gasteiger partial charge is 0.261 e. The van der Waals surface area contributed by atoms with Crippen molar-refractivity contribution >= 4 is 27.7 Å². The molecule has 0 aliphatic heterocycles. The third kappa shape index (κ3) is 4.71. The van der Waals surface area contributed by atoms with Crippen LogP contribution in [0, 0.1) is 6.92 Å². The Hall–Kier alpha value is -3.74. The van der Waals surface area contributed by atoms with Gasteiger partial charge in [-0.25, -0.2) is 4.98 Å². The van der Waals surface area contributed by atoms with Crippen molar-refractivity contribution in [3.63, 3.8) is 0 Å². The van der Waals surface area contributed by atoms with Gasteiger partial charge in [0.15, 0.2) is 0 Å². The monoisotopic (exact) mass is 416 g/mol. The van der Waals surface area contributed by atoms with Crippen molar-refractivity contribution in [1.82, 2.24) is 19.9 Å². The molecule has 2 heterocycles.